The minimum absolute atomic E-state index is 0.271. The van der Waals surface area contributed by atoms with Crippen molar-refractivity contribution in [2.75, 3.05) is 5.75 Å². The zero-order chi connectivity index (χ0) is 9.68. The van der Waals surface area contributed by atoms with E-state index in [0.29, 0.717) is 0 Å². The number of hydrogen-bond acceptors (Lipinski definition) is 1. The summed E-state index contributed by atoms with van der Waals surface area (Å²) in [6.07, 6.45) is 3.70. The van der Waals surface area contributed by atoms with Crippen molar-refractivity contribution in [2.45, 2.75) is 19.6 Å². The van der Waals surface area contributed by atoms with Gasteiger partial charge < -0.3 is 0 Å². The second kappa shape index (κ2) is 5.18. The van der Waals surface area contributed by atoms with Crippen molar-refractivity contribution in [3.05, 3.63) is 30.1 Å². The molecule has 0 aromatic carbocycles. The van der Waals surface area contributed by atoms with E-state index in [0.717, 1.165) is 11.7 Å². The number of pyridine rings is 1. The van der Waals surface area contributed by atoms with Gasteiger partial charge in [0.05, 0.1) is 0 Å². The third-order valence-electron chi connectivity index (χ3n) is 1.69. The van der Waals surface area contributed by atoms with E-state index >= 15 is 0 Å². The highest BCUT2D eigenvalue weighted by molar-refractivity contribution is 8.13. The molecule has 0 bridgehead atoms. The summed E-state index contributed by atoms with van der Waals surface area (Å²) in [6, 6.07) is 4.15. The molecule has 13 heavy (non-hydrogen) atoms. The van der Waals surface area contributed by atoms with E-state index in [1.165, 1.54) is 11.3 Å². The van der Waals surface area contributed by atoms with Crippen molar-refractivity contribution in [3.8, 4) is 0 Å². The fourth-order valence-corrected chi connectivity index (χ4v) is 2.97. The molecule has 0 saturated carbocycles. The zero-order valence-corrected chi connectivity index (χ0v) is 9.18. The van der Waals surface area contributed by atoms with Crippen LogP contribution < -0.4 is 0 Å². The number of nitrogens with zero attached hydrogens (tertiary/aromatic N) is 1. The third-order valence-corrected chi connectivity index (χ3v) is 3.57. The van der Waals surface area contributed by atoms with Gasteiger partial charge >= 0.3 is 0 Å². The lowest BCUT2D eigenvalue weighted by Gasteiger charge is -2.09. The van der Waals surface area contributed by atoms with Gasteiger partial charge in [0.15, 0.2) is 0 Å². The largest absolute Gasteiger partial charge is 0.265 e. The molecular formula is C11H17NS. The van der Waals surface area contributed by atoms with Crippen LogP contribution in [-0.2, 0) is 5.75 Å². The summed E-state index contributed by atoms with van der Waals surface area (Å²) in [5, 5.41) is 0. The molecule has 1 atom stereocenters. The maximum Gasteiger partial charge on any atom is 0.0270 e. The zero-order valence-electron chi connectivity index (χ0n) is 8.36. The van der Waals surface area contributed by atoms with Gasteiger partial charge in [-0.25, -0.2) is 0 Å². The van der Waals surface area contributed by atoms with E-state index in [9.17, 15) is 0 Å². The first-order valence-electron chi connectivity index (χ1n) is 4.54. The minimum atomic E-state index is 0.271. The van der Waals surface area contributed by atoms with Crippen molar-refractivity contribution in [1.82, 2.24) is 4.98 Å². The number of rotatable bonds is 4. The van der Waals surface area contributed by atoms with Crippen LogP contribution >= 0.6 is 10.5 Å². The Morgan fingerprint density at radius 1 is 1.38 bits per heavy atom. The molecule has 0 aliphatic heterocycles. The van der Waals surface area contributed by atoms with E-state index in [-0.39, 0.29) is 10.5 Å². The van der Waals surface area contributed by atoms with Crippen LogP contribution in [0.5, 0.6) is 0 Å². The summed E-state index contributed by atoms with van der Waals surface area (Å²) >= 11 is 0. The quantitative estimate of drug-likeness (QED) is 0.673. The summed E-state index contributed by atoms with van der Waals surface area (Å²) in [4.78, 5) is 4.00. The van der Waals surface area contributed by atoms with Crippen LogP contribution in [0.4, 0.5) is 0 Å². The average molecular weight is 195 g/mol. The van der Waals surface area contributed by atoms with E-state index < -0.39 is 0 Å². The second-order valence-electron chi connectivity index (χ2n) is 3.67. The lowest BCUT2D eigenvalue weighted by Crippen LogP contribution is -1.94. The first-order valence-corrected chi connectivity index (χ1v) is 6.27. The van der Waals surface area contributed by atoms with Crippen LogP contribution in [0.3, 0.4) is 0 Å². The predicted molar refractivity (Wildman–Crippen MR) is 62.4 cm³/mol. The maximum atomic E-state index is 4.18. The molecule has 0 spiro atoms. The van der Waals surface area contributed by atoms with Crippen LogP contribution in [0, 0.1) is 5.92 Å². The third kappa shape index (κ3) is 4.23. The predicted octanol–water partition coefficient (Wildman–Crippen LogP) is 2.94. The summed E-state index contributed by atoms with van der Waals surface area (Å²) in [7, 11) is 0.271. The molecule has 0 N–H and O–H groups in total. The van der Waals surface area contributed by atoms with Crippen molar-refractivity contribution in [3.63, 3.8) is 0 Å². The molecule has 1 aromatic rings. The van der Waals surface area contributed by atoms with Crippen LogP contribution in [-0.4, -0.2) is 16.6 Å². The Bertz CT molecular complexity index is 267. The Morgan fingerprint density at radius 2 is 2.00 bits per heavy atom. The van der Waals surface area contributed by atoms with Crippen LogP contribution in [0.15, 0.2) is 24.5 Å². The summed E-state index contributed by atoms with van der Waals surface area (Å²) in [5.41, 5.74) is 1.36. The molecule has 0 saturated heterocycles. The molecule has 0 radical (unpaired) electrons. The Hall–Kier alpha value is -0.630. The molecule has 0 aliphatic carbocycles. The van der Waals surface area contributed by atoms with E-state index in [4.69, 9.17) is 0 Å². The molecule has 1 heterocycles. The molecule has 1 rings (SSSR count). The van der Waals surface area contributed by atoms with Gasteiger partial charge in [0, 0.05) is 18.1 Å². The Labute approximate surface area is 83.1 Å². The first kappa shape index (κ1) is 10.5. The van der Waals surface area contributed by atoms with Crippen molar-refractivity contribution < 1.29 is 0 Å². The average Bonchev–Trinajstić information content (AvgIpc) is 2.04. The van der Waals surface area contributed by atoms with Gasteiger partial charge in [-0.15, -0.1) is 0 Å². The topological polar surface area (TPSA) is 12.9 Å². The standard InChI is InChI=1S/C11H17NS/c1-10(2)8-13(3)9-11-4-6-12-7-5-11/h4-7,10H,3,8-9H2,1-2H3. The van der Waals surface area contributed by atoms with Gasteiger partial charge in [-0.2, -0.15) is 10.5 Å². The highest BCUT2D eigenvalue weighted by Gasteiger charge is 1.98. The van der Waals surface area contributed by atoms with Crippen LogP contribution in [0.25, 0.3) is 0 Å². The first-order chi connectivity index (χ1) is 6.18. The molecule has 1 unspecified atom stereocenters. The summed E-state index contributed by atoms with van der Waals surface area (Å²) < 4.78 is 0. The lowest BCUT2D eigenvalue weighted by atomic mass is 10.3. The molecular weight excluding hydrogens is 178 g/mol. The SMILES string of the molecule is C=S(Cc1ccncc1)CC(C)C. The lowest BCUT2D eigenvalue weighted by molar-refractivity contribution is 0.749. The van der Waals surface area contributed by atoms with Gasteiger partial charge in [-0.1, -0.05) is 19.7 Å². The smallest absolute Gasteiger partial charge is 0.0270 e. The molecule has 0 fully saturated rings. The van der Waals surface area contributed by atoms with E-state index in [1.54, 1.807) is 0 Å². The summed E-state index contributed by atoms with van der Waals surface area (Å²) in [6.45, 7) is 4.50. The molecule has 2 heteroatoms. The van der Waals surface area contributed by atoms with Crippen LogP contribution in [0.2, 0.25) is 0 Å². The summed E-state index contributed by atoms with van der Waals surface area (Å²) in [5.74, 6) is 7.26. The van der Waals surface area contributed by atoms with Gasteiger partial charge in [0.25, 0.3) is 0 Å². The fourth-order valence-electron chi connectivity index (χ4n) is 1.25. The van der Waals surface area contributed by atoms with Gasteiger partial charge in [-0.05, 0) is 29.4 Å². The Balaban J connectivity index is 2.46. The van der Waals surface area contributed by atoms with Gasteiger partial charge in [0.1, 0.15) is 0 Å². The van der Waals surface area contributed by atoms with Gasteiger partial charge in [0.2, 0.25) is 0 Å². The fraction of sp³-hybridized carbons (Fsp3) is 0.455. The van der Waals surface area contributed by atoms with Gasteiger partial charge in [-0.3, -0.25) is 4.98 Å². The Morgan fingerprint density at radius 3 is 2.54 bits per heavy atom. The molecule has 1 nitrogen and oxygen atoms in total. The molecule has 72 valence electrons. The van der Waals surface area contributed by atoms with Crippen molar-refractivity contribution >= 4 is 16.4 Å². The Kier molecular flexibility index (Phi) is 4.16. The second-order valence-corrected chi connectivity index (χ2v) is 5.52. The monoisotopic (exact) mass is 195 g/mol. The molecule has 0 aliphatic rings. The van der Waals surface area contributed by atoms with Crippen molar-refractivity contribution in [2.24, 2.45) is 5.92 Å². The number of aromatic nitrogens is 1. The highest BCUT2D eigenvalue weighted by Crippen LogP contribution is 2.20. The molecule has 1 aromatic heterocycles. The highest BCUT2D eigenvalue weighted by atomic mass is 32.2. The minimum Gasteiger partial charge on any atom is -0.265 e. The van der Waals surface area contributed by atoms with E-state index in [1.807, 2.05) is 12.4 Å². The van der Waals surface area contributed by atoms with E-state index in [2.05, 4.69) is 36.8 Å². The van der Waals surface area contributed by atoms with Crippen molar-refractivity contribution in [1.29, 1.82) is 0 Å². The number of hydrogen-bond donors (Lipinski definition) is 0. The normalized spacial score (nSPS) is 13.2. The molecule has 0 amide bonds. The maximum absolute atomic E-state index is 4.18. The van der Waals surface area contributed by atoms with Crippen LogP contribution in [0.1, 0.15) is 19.4 Å².